The van der Waals surface area contributed by atoms with Crippen molar-refractivity contribution in [3.63, 3.8) is 0 Å². The zero-order valence-corrected chi connectivity index (χ0v) is 12.7. The van der Waals surface area contributed by atoms with Crippen LogP contribution in [0.25, 0.3) is 22.5 Å². The number of methoxy groups -OCH3 is 1. The maximum Gasteiger partial charge on any atom is 0.343 e. The summed E-state index contributed by atoms with van der Waals surface area (Å²) < 4.78 is 7.55. The molecule has 0 saturated heterocycles. The molecule has 0 spiro atoms. The standard InChI is InChI=1S/C14H11N7O3/c1-7-10(13(23)24-2)11-15-5-8-9(21(11)19-7)3-4-20(12(8)22)14-16-6-17-18-14/h3-6H,1-2H3,(H,16,17,18). The second kappa shape index (κ2) is 4.98. The molecule has 24 heavy (non-hydrogen) atoms. The molecule has 4 aromatic rings. The lowest BCUT2D eigenvalue weighted by molar-refractivity contribution is 0.0602. The predicted molar refractivity (Wildman–Crippen MR) is 82.1 cm³/mol. The Morgan fingerprint density at radius 1 is 1.33 bits per heavy atom. The molecular weight excluding hydrogens is 314 g/mol. The summed E-state index contributed by atoms with van der Waals surface area (Å²) in [6, 6.07) is 1.70. The van der Waals surface area contributed by atoms with E-state index in [1.807, 2.05) is 0 Å². The number of H-pyrrole nitrogens is 1. The highest BCUT2D eigenvalue weighted by atomic mass is 16.5. The number of aromatic amines is 1. The summed E-state index contributed by atoms with van der Waals surface area (Å²) in [6.45, 7) is 1.68. The number of nitrogens with one attached hydrogen (secondary N) is 1. The zero-order valence-electron chi connectivity index (χ0n) is 12.7. The molecule has 0 unspecified atom stereocenters. The average Bonchev–Trinajstić information content (AvgIpc) is 3.21. The highest BCUT2D eigenvalue weighted by Crippen LogP contribution is 2.19. The first-order valence-electron chi connectivity index (χ1n) is 6.95. The van der Waals surface area contributed by atoms with E-state index >= 15 is 0 Å². The summed E-state index contributed by atoms with van der Waals surface area (Å²) in [6.07, 6.45) is 4.28. The number of aryl methyl sites for hydroxylation is 1. The molecule has 0 aliphatic rings. The lowest BCUT2D eigenvalue weighted by Crippen LogP contribution is -2.20. The maximum absolute atomic E-state index is 12.7. The number of esters is 1. The van der Waals surface area contributed by atoms with Gasteiger partial charge in [0, 0.05) is 12.4 Å². The first-order chi connectivity index (χ1) is 11.6. The molecule has 0 fully saturated rings. The molecule has 0 saturated carbocycles. The molecule has 120 valence electrons. The van der Waals surface area contributed by atoms with Gasteiger partial charge in [-0.2, -0.15) is 15.2 Å². The third kappa shape index (κ3) is 1.82. The summed E-state index contributed by atoms with van der Waals surface area (Å²) in [5.74, 6) is -0.224. The van der Waals surface area contributed by atoms with Crippen LogP contribution in [-0.4, -0.2) is 47.4 Å². The van der Waals surface area contributed by atoms with E-state index in [0.717, 1.165) is 0 Å². The number of rotatable bonds is 2. The van der Waals surface area contributed by atoms with Gasteiger partial charge in [0.15, 0.2) is 5.65 Å². The van der Waals surface area contributed by atoms with E-state index in [1.165, 1.54) is 28.7 Å². The van der Waals surface area contributed by atoms with E-state index in [9.17, 15) is 9.59 Å². The third-order valence-corrected chi connectivity index (χ3v) is 3.71. The van der Waals surface area contributed by atoms with Crippen LogP contribution in [0.4, 0.5) is 0 Å². The Labute approximate surface area is 133 Å². The third-order valence-electron chi connectivity index (χ3n) is 3.71. The van der Waals surface area contributed by atoms with Gasteiger partial charge >= 0.3 is 5.97 Å². The first kappa shape index (κ1) is 14.1. The Morgan fingerprint density at radius 2 is 2.17 bits per heavy atom. The van der Waals surface area contributed by atoms with Crippen LogP contribution in [0.2, 0.25) is 0 Å². The highest BCUT2D eigenvalue weighted by molar-refractivity contribution is 5.98. The van der Waals surface area contributed by atoms with Crippen molar-refractivity contribution in [3.8, 4) is 5.95 Å². The monoisotopic (exact) mass is 325 g/mol. The van der Waals surface area contributed by atoms with Gasteiger partial charge in [0.25, 0.3) is 5.56 Å². The molecule has 0 atom stereocenters. The first-order valence-corrected chi connectivity index (χ1v) is 6.95. The van der Waals surface area contributed by atoms with E-state index in [-0.39, 0.29) is 11.1 Å². The van der Waals surface area contributed by atoms with Crippen molar-refractivity contribution in [2.24, 2.45) is 0 Å². The second-order valence-corrected chi connectivity index (χ2v) is 5.04. The Balaban J connectivity index is 2.05. The quantitative estimate of drug-likeness (QED) is 0.524. The Morgan fingerprint density at radius 3 is 2.88 bits per heavy atom. The molecule has 1 N–H and O–H groups in total. The Hall–Kier alpha value is -3.56. The molecule has 0 aliphatic carbocycles. The molecular formula is C14H11N7O3. The SMILES string of the molecule is COC(=O)c1c(C)nn2c1ncc1c(=O)n(-c3ncn[nH]3)ccc12. The Bertz CT molecular complexity index is 1140. The normalized spacial score (nSPS) is 11.2. The fourth-order valence-electron chi connectivity index (χ4n) is 2.60. The molecule has 10 nitrogen and oxygen atoms in total. The smallest absolute Gasteiger partial charge is 0.343 e. The van der Waals surface area contributed by atoms with Crippen LogP contribution in [-0.2, 0) is 4.74 Å². The van der Waals surface area contributed by atoms with Crippen molar-refractivity contribution in [3.05, 3.63) is 46.4 Å². The zero-order chi connectivity index (χ0) is 16.8. The van der Waals surface area contributed by atoms with Crippen LogP contribution in [0.1, 0.15) is 16.1 Å². The van der Waals surface area contributed by atoms with Crippen molar-refractivity contribution in [1.29, 1.82) is 0 Å². The molecule has 4 aromatic heterocycles. The van der Waals surface area contributed by atoms with E-state index in [2.05, 4.69) is 25.3 Å². The van der Waals surface area contributed by atoms with Gasteiger partial charge in [-0.15, -0.1) is 0 Å². The largest absolute Gasteiger partial charge is 0.465 e. The minimum atomic E-state index is -0.524. The molecule has 0 aromatic carbocycles. The molecule has 4 rings (SSSR count). The van der Waals surface area contributed by atoms with Gasteiger partial charge in [0.1, 0.15) is 11.9 Å². The van der Waals surface area contributed by atoms with Crippen molar-refractivity contribution in [2.75, 3.05) is 7.11 Å². The highest BCUT2D eigenvalue weighted by Gasteiger charge is 2.21. The lowest BCUT2D eigenvalue weighted by atomic mass is 10.2. The second-order valence-electron chi connectivity index (χ2n) is 5.04. The van der Waals surface area contributed by atoms with Crippen LogP contribution in [0.15, 0.2) is 29.6 Å². The van der Waals surface area contributed by atoms with Crippen molar-refractivity contribution >= 4 is 22.5 Å². The number of hydrogen-bond acceptors (Lipinski definition) is 7. The molecule has 0 aliphatic heterocycles. The van der Waals surface area contributed by atoms with E-state index in [1.54, 1.807) is 19.2 Å². The lowest BCUT2D eigenvalue weighted by Gasteiger charge is -2.05. The summed E-state index contributed by atoms with van der Waals surface area (Å²) >= 11 is 0. The van der Waals surface area contributed by atoms with Gasteiger partial charge in [-0.05, 0) is 13.0 Å². The maximum atomic E-state index is 12.7. The predicted octanol–water partition coefficient (Wildman–Crippen LogP) is 0.247. The van der Waals surface area contributed by atoms with Crippen LogP contribution < -0.4 is 5.56 Å². The molecule has 0 amide bonds. The molecule has 0 bridgehead atoms. The topological polar surface area (TPSA) is 120 Å². The van der Waals surface area contributed by atoms with Crippen LogP contribution in [0.3, 0.4) is 0 Å². The summed E-state index contributed by atoms with van der Waals surface area (Å²) in [4.78, 5) is 32.8. The number of ether oxygens (including phenoxy) is 1. The fourth-order valence-corrected chi connectivity index (χ4v) is 2.60. The summed E-state index contributed by atoms with van der Waals surface area (Å²) in [5.41, 5.74) is 1.29. The van der Waals surface area contributed by atoms with Gasteiger partial charge < -0.3 is 4.74 Å². The van der Waals surface area contributed by atoms with Crippen molar-refractivity contribution in [2.45, 2.75) is 6.92 Å². The van der Waals surface area contributed by atoms with Gasteiger partial charge in [-0.25, -0.2) is 19.4 Å². The number of hydrogen-bond donors (Lipinski definition) is 1. The summed E-state index contributed by atoms with van der Waals surface area (Å²) in [5, 5.41) is 11.0. The van der Waals surface area contributed by atoms with Gasteiger partial charge in [0.2, 0.25) is 5.95 Å². The van der Waals surface area contributed by atoms with Crippen LogP contribution >= 0.6 is 0 Å². The molecule has 10 heteroatoms. The van der Waals surface area contributed by atoms with E-state index in [0.29, 0.717) is 28.2 Å². The van der Waals surface area contributed by atoms with Crippen molar-refractivity contribution in [1.82, 2.24) is 34.3 Å². The fraction of sp³-hybridized carbons (Fsp3) is 0.143. The van der Waals surface area contributed by atoms with Crippen molar-refractivity contribution < 1.29 is 9.53 Å². The number of carbonyl (C=O) groups excluding carboxylic acids is 1. The molecule has 4 heterocycles. The number of fused-ring (bicyclic) bond motifs is 3. The van der Waals surface area contributed by atoms with Gasteiger partial charge in [-0.1, -0.05) is 0 Å². The number of aromatic nitrogens is 7. The Kier molecular flexibility index (Phi) is 2.92. The summed E-state index contributed by atoms with van der Waals surface area (Å²) in [7, 11) is 1.29. The minimum Gasteiger partial charge on any atom is -0.465 e. The van der Waals surface area contributed by atoms with Gasteiger partial charge in [0.05, 0.1) is 23.7 Å². The number of nitrogens with zero attached hydrogens (tertiary/aromatic N) is 6. The minimum absolute atomic E-state index is 0.277. The number of carbonyl (C=O) groups is 1. The number of pyridine rings is 1. The van der Waals surface area contributed by atoms with Crippen LogP contribution in [0.5, 0.6) is 0 Å². The van der Waals surface area contributed by atoms with Crippen LogP contribution in [0, 0.1) is 6.92 Å². The molecule has 0 radical (unpaired) electrons. The van der Waals surface area contributed by atoms with E-state index < -0.39 is 5.97 Å². The van der Waals surface area contributed by atoms with E-state index in [4.69, 9.17) is 4.74 Å². The van der Waals surface area contributed by atoms with Gasteiger partial charge in [-0.3, -0.25) is 9.36 Å². The average molecular weight is 325 g/mol.